The number of nitro benzene ring substituents is 1. The summed E-state index contributed by atoms with van der Waals surface area (Å²) < 4.78 is 13.7. The van der Waals surface area contributed by atoms with Gasteiger partial charge in [0.2, 0.25) is 5.82 Å². The second-order valence-electron chi connectivity index (χ2n) is 4.29. The van der Waals surface area contributed by atoms with Crippen molar-refractivity contribution >= 4 is 11.7 Å². The van der Waals surface area contributed by atoms with E-state index in [9.17, 15) is 19.3 Å². The van der Waals surface area contributed by atoms with Gasteiger partial charge in [-0.1, -0.05) is 12.1 Å². The lowest BCUT2D eigenvalue weighted by molar-refractivity contribution is -0.387. The van der Waals surface area contributed by atoms with Gasteiger partial charge in [0, 0.05) is 18.2 Å². The summed E-state index contributed by atoms with van der Waals surface area (Å²) in [4.78, 5) is 20.6. The number of nitrogens with one attached hydrogen (secondary N) is 1. The fourth-order valence-electron chi connectivity index (χ4n) is 1.24. The van der Waals surface area contributed by atoms with Crippen molar-refractivity contribution in [3.8, 4) is 0 Å². The third kappa shape index (κ3) is 3.01. The first-order valence-electron chi connectivity index (χ1n) is 5.16. The number of benzene rings is 1. The molecule has 0 bridgehead atoms. The molecule has 6 nitrogen and oxygen atoms in total. The van der Waals surface area contributed by atoms with E-state index < -0.39 is 27.9 Å². The number of hydrogen-bond acceptors (Lipinski definition) is 4. The van der Waals surface area contributed by atoms with Gasteiger partial charge in [-0.2, -0.15) is 4.39 Å². The molecule has 0 aliphatic heterocycles. The number of hydrogen-bond donors (Lipinski definition) is 2. The Labute approximate surface area is 103 Å². The van der Waals surface area contributed by atoms with Crippen LogP contribution < -0.4 is 5.32 Å². The van der Waals surface area contributed by atoms with Crippen LogP contribution in [0.2, 0.25) is 0 Å². The van der Waals surface area contributed by atoms with Gasteiger partial charge in [-0.15, -0.1) is 0 Å². The molecule has 0 spiro atoms. The number of rotatable bonds is 5. The molecule has 7 heteroatoms. The van der Waals surface area contributed by atoms with E-state index >= 15 is 0 Å². The molecule has 0 aliphatic rings. The highest BCUT2D eigenvalue weighted by molar-refractivity contribution is 5.77. The normalized spacial score (nSPS) is 11.3. The van der Waals surface area contributed by atoms with Crippen LogP contribution in [-0.2, 0) is 11.3 Å². The molecule has 2 N–H and O–H groups in total. The van der Waals surface area contributed by atoms with Crippen LogP contribution in [0.1, 0.15) is 19.4 Å². The van der Waals surface area contributed by atoms with E-state index in [2.05, 4.69) is 5.32 Å². The van der Waals surface area contributed by atoms with Crippen LogP contribution in [0.4, 0.5) is 10.1 Å². The molecular weight excluding hydrogens is 243 g/mol. The summed E-state index contributed by atoms with van der Waals surface area (Å²) in [6.45, 7) is 2.74. The van der Waals surface area contributed by atoms with E-state index in [1.54, 1.807) is 0 Å². The minimum Gasteiger partial charge on any atom is -0.480 e. The average molecular weight is 256 g/mol. The molecule has 0 fully saturated rings. The Morgan fingerprint density at radius 1 is 1.56 bits per heavy atom. The van der Waals surface area contributed by atoms with Crippen molar-refractivity contribution < 1.29 is 19.2 Å². The molecule has 0 unspecified atom stereocenters. The fourth-order valence-corrected chi connectivity index (χ4v) is 1.24. The highest BCUT2D eigenvalue weighted by Gasteiger charge is 2.27. The predicted molar refractivity (Wildman–Crippen MR) is 61.6 cm³/mol. The Morgan fingerprint density at radius 3 is 2.67 bits per heavy atom. The first-order valence-corrected chi connectivity index (χ1v) is 5.16. The number of carboxylic acid groups (broad SMARTS) is 1. The van der Waals surface area contributed by atoms with Crippen molar-refractivity contribution in [2.75, 3.05) is 0 Å². The van der Waals surface area contributed by atoms with Gasteiger partial charge in [-0.05, 0) is 13.8 Å². The largest absolute Gasteiger partial charge is 0.480 e. The third-order valence-electron chi connectivity index (χ3n) is 2.51. The lowest BCUT2D eigenvalue weighted by atomic mass is 10.1. The summed E-state index contributed by atoms with van der Waals surface area (Å²) in [6, 6.07) is 3.78. The number of nitrogens with zero attached hydrogens (tertiary/aromatic N) is 1. The minimum absolute atomic E-state index is 0.0542. The highest BCUT2D eigenvalue weighted by Crippen LogP contribution is 2.20. The van der Waals surface area contributed by atoms with E-state index in [0.717, 1.165) is 6.07 Å². The Hall–Kier alpha value is -2.02. The summed E-state index contributed by atoms with van der Waals surface area (Å²) in [6.07, 6.45) is 0. The van der Waals surface area contributed by atoms with Crippen LogP contribution in [0.25, 0.3) is 0 Å². The maximum absolute atomic E-state index is 13.7. The van der Waals surface area contributed by atoms with Crippen LogP contribution in [-0.4, -0.2) is 21.5 Å². The average Bonchev–Trinajstić information content (AvgIpc) is 2.27. The molecule has 0 aliphatic carbocycles. The highest BCUT2D eigenvalue weighted by atomic mass is 19.1. The first-order chi connectivity index (χ1) is 8.25. The molecule has 0 saturated carbocycles. The van der Waals surface area contributed by atoms with Crippen molar-refractivity contribution in [3.63, 3.8) is 0 Å². The number of aliphatic carboxylic acids is 1. The van der Waals surface area contributed by atoms with Gasteiger partial charge < -0.3 is 5.11 Å². The van der Waals surface area contributed by atoms with E-state index in [1.165, 1.54) is 26.0 Å². The Balaban J connectivity index is 2.90. The smallest absolute Gasteiger partial charge is 0.323 e. The molecule has 0 heterocycles. The fraction of sp³-hybridized carbons (Fsp3) is 0.364. The zero-order valence-corrected chi connectivity index (χ0v) is 9.94. The van der Waals surface area contributed by atoms with E-state index in [-0.39, 0.29) is 12.1 Å². The SMILES string of the molecule is CC(C)(NCc1cccc([N+](=O)[O-])c1F)C(=O)O. The zero-order chi connectivity index (χ0) is 13.9. The molecular formula is C11H13FN2O4. The predicted octanol–water partition coefficient (Wildman–Crippen LogP) is 1.69. The lowest BCUT2D eigenvalue weighted by Crippen LogP contribution is -2.46. The number of carbonyl (C=O) groups is 1. The van der Waals surface area contributed by atoms with Gasteiger partial charge >= 0.3 is 11.7 Å². The molecule has 98 valence electrons. The minimum atomic E-state index is -1.24. The second-order valence-corrected chi connectivity index (χ2v) is 4.29. The van der Waals surface area contributed by atoms with Crippen LogP contribution >= 0.6 is 0 Å². The maximum Gasteiger partial charge on any atom is 0.323 e. The standard InChI is InChI=1S/C11H13FN2O4/c1-11(2,10(15)16)13-6-7-4-3-5-8(9(7)12)14(17)18/h3-5,13H,6H2,1-2H3,(H,15,16). The van der Waals surface area contributed by atoms with E-state index in [1.807, 2.05) is 0 Å². The van der Waals surface area contributed by atoms with Gasteiger partial charge in [0.15, 0.2) is 0 Å². The number of nitro groups is 1. The van der Waals surface area contributed by atoms with Gasteiger partial charge in [-0.3, -0.25) is 20.2 Å². The quantitative estimate of drug-likeness (QED) is 0.617. The van der Waals surface area contributed by atoms with E-state index in [0.29, 0.717) is 0 Å². The van der Waals surface area contributed by atoms with Gasteiger partial charge in [-0.25, -0.2) is 0 Å². The van der Waals surface area contributed by atoms with Gasteiger partial charge in [0.05, 0.1) is 4.92 Å². The molecule has 0 aromatic heterocycles. The molecule has 0 radical (unpaired) electrons. The molecule has 1 aromatic rings. The van der Waals surface area contributed by atoms with Crippen LogP contribution in [0.3, 0.4) is 0 Å². The van der Waals surface area contributed by atoms with Gasteiger partial charge in [0.1, 0.15) is 5.54 Å². The molecule has 1 rings (SSSR count). The van der Waals surface area contributed by atoms with Crippen LogP contribution in [0.5, 0.6) is 0 Å². The van der Waals surface area contributed by atoms with Crippen molar-refractivity contribution in [1.29, 1.82) is 0 Å². The molecule has 18 heavy (non-hydrogen) atoms. The van der Waals surface area contributed by atoms with Crippen LogP contribution in [0, 0.1) is 15.9 Å². The Morgan fingerprint density at radius 2 is 2.17 bits per heavy atom. The van der Waals surface area contributed by atoms with Crippen LogP contribution in [0.15, 0.2) is 18.2 Å². The Bertz CT molecular complexity index is 488. The van der Waals surface area contributed by atoms with Crippen molar-refractivity contribution in [1.82, 2.24) is 5.32 Å². The monoisotopic (exact) mass is 256 g/mol. The third-order valence-corrected chi connectivity index (χ3v) is 2.51. The summed E-state index contributed by atoms with van der Waals surface area (Å²) in [7, 11) is 0. The lowest BCUT2D eigenvalue weighted by Gasteiger charge is -2.21. The van der Waals surface area contributed by atoms with Crippen molar-refractivity contribution in [3.05, 3.63) is 39.7 Å². The molecule has 1 aromatic carbocycles. The second kappa shape index (κ2) is 5.09. The van der Waals surface area contributed by atoms with Crippen molar-refractivity contribution in [2.45, 2.75) is 25.9 Å². The van der Waals surface area contributed by atoms with Gasteiger partial charge in [0.25, 0.3) is 0 Å². The summed E-state index contributed by atoms with van der Waals surface area (Å²) in [5.41, 5.74) is -1.81. The van der Waals surface area contributed by atoms with E-state index in [4.69, 9.17) is 5.11 Å². The summed E-state index contributed by atoms with van der Waals surface area (Å²) in [5.74, 6) is -2.04. The summed E-state index contributed by atoms with van der Waals surface area (Å²) in [5, 5.41) is 22.0. The van der Waals surface area contributed by atoms with Crippen molar-refractivity contribution in [2.24, 2.45) is 0 Å². The molecule has 0 amide bonds. The number of carboxylic acids is 1. The molecule has 0 atom stereocenters. The topological polar surface area (TPSA) is 92.5 Å². The first kappa shape index (κ1) is 14.0. The molecule has 0 saturated heterocycles. The zero-order valence-electron chi connectivity index (χ0n) is 9.94. The maximum atomic E-state index is 13.7. The summed E-state index contributed by atoms with van der Waals surface area (Å²) >= 11 is 0. The number of halogens is 1. The Kier molecular flexibility index (Phi) is 3.97.